The number of hydrogen-bond donors (Lipinski definition) is 1. The van der Waals surface area contributed by atoms with Crippen molar-refractivity contribution in [2.75, 3.05) is 6.61 Å². The predicted octanol–water partition coefficient (Wildman–Crippen LogP) is 3.27. The third-order valence-corrected chi connectivity index (χ3v) is 2.62. The number of nitrogens with zero attached hydrogens (tertiary/aromatic N) is 2. The Hall–Kier alpha value is -2.02. The molecule has 0 fully saturated rings. The maximum absolute atomic E-state index is 8.84. The van der Waals surface area contributed by atoms with Gasteiger partial charge < -0.3 is 9.94 Å². The maximum Gasteiger partial charge on any atom is 0.128 e. The van der Waals surface area contributed by atoms with Crippen LogP contribution in [0.2, 0.25) is 0 Å². The Bertz CT molecular complexity index is 461. The number of rotatable bonds is 6. The minimum absolute atomic E-state index is 0.533. The first-order valence-corrected chi connectivity index (χ1v) is 5.98. The van der Waals surface area contributed by atoms with Crippen molar-refractivity contribution in [3.05, 3.63) is 29.3 Å². The highest BCUT2D eigenvalue weighted by Crippen LogP contribution is 2.21. The van der Waals surface area contributed by atoms with Crippen molar-refractivity contribution in [3.8, 4) is 11.8 Å². The van der Waals surface area contributed by atoms with E-state index < -0.39 is 0 Å². The zero-order valence-corrected chi connectivity index (χ0v) is 10.8. The fourth-order valence-corrected chi connectivity index (χ4v) is 1.59. The van der Waals surface area contributed by atoms with Crippen LogP contribution in [0, 0.1) is 18.3 Å². The number of benzene rings is 1. The summed E-state index contributed by atoms with van der Waals surface area (Å²) in [6, 6.07) is 7.87. The fourth-order valence-electron chi connectivity index (χ4n) is 1.59. The van der Waals surface area contributed by atoms with Gasteiger partial charge in [0.05, 0.1) is 18.4 Å². The third-order valence-electron chi connectivity index (χ3n) is 2.62. The second kappa shape index (κ2) is 7.33. The van der Waals surface area contributed by atoms with E-state index >= 15 is 0 Å². The Balaban J connectivity index is 2.68. The van der Waals surface area contributed by atoms with Gasteiger partial charge in [0.15, 0.2) is 0 Å². The van der Waals surface area contributed by atoms with E-state index in [0.29, 0.717) is 24.5 Å². The lowest BCUT2D eigenvalue weighted by atomic mass is 10.1. The van der Waals surface area contributed by atoms with E-state index in [0.717, 1.165) is 24.0 Å². The molecule has 0 spiro atoms. The van der Waals surface area contributed by atoms with Crippen molar-refractivity contribution in [1.82, 2.24) is 0 Å². The molecule has 1 N–H and O–H groups in total. The van der Waals surface area contributed by atoms with Gasteiger partial charge in [0.25, 0.3) is 0 Å². The number of aryl methyl sites for hydroxylation is 1. The molecular weight excluding hydrogens is 228 g/mol. The summed E-state index contributed by atoms with van der Waals surface area (Å²) in [5.74, 6) is 0.716. The van der Waals surface area contributed by atoms with Crippen LogP contribution in [0.15, 0.2) is 23.4 Å². The van der Waals surface area contributed by atoms with Gasteiger partial charge in [-0.3, -0.25) is 0 Å². The number of hydrogen-bond acceptors (Lipinski definition) is 4. The van der Waals surface area contributed by atoms with E-state index in [1.54, 1.807) is 6.92 Å². The van der Waals surface area contributed by atoms with Gasteiger partial charge in [-0.2, -0.15) is 5.26 Å². The first-order valence-electron chi connectivity index (χ1n) is 5.98. The molecule has 0 atom stereocenters. The van der Waals surface area contributed by atoms with Crippen molar-refractivity contribution < 1.29 is 9.94 Å². The summed E-state index contributed by atoms with van der Waals surface area (Å²) in [7, 11) is 0. The van der Waals surface area contributed by atoms with Gasteiger partial charge in [-0.1, -0.05) is 16.8 Å². The molecule has 0 radical (unpaired) electrons. The minimum Gasteiger partial charge on any atom is -0.493 e. The average molecular weight is 246 g/mol. The molecule has 0 heterocycles. The highest BCUT2D eigenvalue weighted by Gasteiger charge is 2.07. The lowest BCUT2D eigenvalue weighted by molar-refractivity contribution is 0.304. The molecule has 96 valence electrons. The van der Waals surface area contributed by atoms with Crippen molar-refractivity contribution in [3.63, 3.8) is 0 Å². The molecule has 0 unspecified atom stereocenters. The quantitative estimate of drug-likeness (QED) is 0.362. The third kappa shape index (κ3) is 4.10. The van der Waals surface area contributed by atoms with Crippen LogP contribution in [0.25, 0.3) is 0 Å². The van der Waals surface area contributed by atoms with E-state index in [4.69, 9.17) is 15.2 Å². The Kier molecular flexibility index (Phi) is 5.72. The maximum atomic E-state index is 8.84. The first kappa shape index (κ1) is 14.0. The molecule has 0 amide bonds. The Morgan fingerprint density at radius 3 is 2.89 bits per heavy atom. The molecule has 0 saturated carbocycles. The normalized spacial score (nSPS) is 11.1. The monoisotopic (exact) mass is 246 g/mol. The summed E-state index contributed by atoms with van der Waals surface area (Å²) in [6.07, 6.45) is 2.24. The molecule has 18 heavy (non-hydrogen) atoms. The number of unbranched alkanes of at least 4 members (excludes halogenated alkanes) is 2. The van der Waals surface area contributed by atoms with Gasteiger partial charge in [-0.05, 0) is 38.8 Å². The molecule has 0 aliphatic carbocycles. The van der Waals surface area contributed by atoms with Crippen LogP contribution in [0.1, 0.15) is 37.3 Å². The molecule has 4 heteroatoms. The van der Waals surface area contributed by atoms with Gasteiger partial charge in [0.1, 0.15) is 5.75 Å². The Morgan fingerprint density at radius 1 is 1.44 bits per heavy atom. The Morgan fingerprint density at radius 2 is 2.22 bits per heavy atom. The molecule has 0 aliphatic heterocycles. The van der Waals surface area contributed by atoms with Gasteiger partial charge in [0.2, 0.25) is 0 Å². The summed E-state index contributed by atoms with van der Waals surface area (Å²) in [5.41, 5.74) is 2.42. The van der Waals surface area contributed by atoms with Gasteiger partial charge >= 0.3 is 0 Å². The summed E-state index contributed by atoms with van der Waals surface area (Å²) >= 11 is 0. The highest BCUT2D eigenvalue weighted by molar-refractivity contribution is 6.00. The van der Waals surface area contributed by atoms with Gasteiger partial charge in [-0.15, -0.1) is 0 Å². The largest absolute Gasteiger partial charge is 0.493 e. The van der Waals surface area contributed by atoms with Crippen molar-refractivity contribution in [2.24, 2.45) is 5.16 Å². The van der Waals surface area contributed by atoms with E-state index in [9.17, 15) is 0 Å². The van der Waals surface area contributed by atoms with E-state index in [2.05, 4.69) is 11.2 Å². The zero-order chi connectivity index (χ0) is 13.4. The van der Waals surface area contributed by atoms with Gasteiger partial charge in [0, 0.05) is 12.0 Å². The number of ether oxygens (including phenoxy) is 1. The van der Waals surface area contributed by atoms with Crippen LogP contribution in [-0.4, -0.2) is 17.5 Å². The molecule has 0 aromatic heterocycles. The predicted molar refractivity (Wildman–Crippen MR) is 70.1 cm³/mol. The van der Waals surface area contributed by atoms with Crippen molar-refractivity contribution in [2.45, 2.75) is 33.1 Å². The van der Waals surface area contributed by atoms with E-state index in [1.807, 2.05) is 25.1 Å². The number of nitriles is 1. The molecule has 1 aromatic carbocycles. The highest BCUT2D eigenvalue weighted by atomic mass is 16.5. The molecule has 0 aliphatic rings. The summed E-state index contributed by atoms with van der Waals surface area (Å²) in [5, 5.41) is 20.5. The molecule has 0 bridgehead atoms. The van der Waals surface area contributed by atoms with Crippen LogP contribution in [-0.2, 0) is 0 Å². The minimum atomic E-state index is 0.533. The van der Waals surface area contributed by atoms with Crippen molar-refractivity contribution >= 4 is 5.71 Å². The standard InChI is InChI=1S/C14H18N2O2/c1-11-6-7-14(13(10-11)12(2)16-17)18-9-5-3-4-8-15/h6-7,10,17H,3-5,9H2,1-2H3/b16-12-. The zero-order valence-electron chi connectivity index (χ0n) is 10.8. The summed E-state index contributed by atoms with van der Waals surface area (Å²) < 4.78 is 5.66. The molecular formula is C14H18N2O2. The van der Waals surface area contributed by atoms with Crippen molar-refractivity contribution in [1.29, 1.82) is 5.26 Å². The van der Waals surface area contributed by atoms with E-state index in [-0.39, 0.29) is 0 Å². The lowest BCUT2D eigenvalue weighted by Gasteiger charge is -2.11. The molecule has 4 nitrogen and oxygen atoms in total. The fraction of sp³-hybridized carbons (Fsp3) is 0.429. The summed E-state index contributed by atoms with van der Waals surface area (Å²) in [4.78, 5) is 0. The first-order chi connectivity index (χ1) is 8.69. The van der Waals surface area contributed by atoms with Crippen LogP contribution in [0.4, 0.5) is 0 Å². The van der Waals surface area contributed by atoms with Crippen LogP contribution in [0.3, 0.4) is 0 Å². The SMILES string of the molecule is C/C(=N/O)c1cc(C)ccc1OCCCCC#N. The Labute approximate surface area is 108 Å². The second-order valence-electron chi connectivity index (χ2n) is 4.15. The smallest absolute Gasteiger partial charge is 0.128 e. The number of oxime groups is 1. The van der Waals surface area contributed by atoms with Crippen LogP contribution in [0.5, 0.6) is 5.75 Å². The molecule has 1 aromatic rings. The lowest BCUT2D eigenvalue weighted by Crippen LogP contribution is -2.04. The molecule has 1 rings (SSSR count). The van der Waals surface area contributed by atoms with Crippen LogP contribution >= 0.6 is 0 Å². The summed E-state index contributed by atoms with van der Waals surface area (Å²) in [6.45, 7) is 4.28. The topological polar surface area (TPSA) is 65.6 Å². The van der Waals surface area contributed by atoms with E-state index in [1.165, 1.54) is 0 Å². The molecule has 0 saturated heterocycles. The van der Waals surface area contributed by atoms with Crippen LogP contribution < -0.4 is 4.74 Å². The average Bonchev–Trinajstić information content (AvgIpc) is 2.39. The van der Waals surface area contributed by atoms with Gasteiger partial charge in [-0.25, -0.2) is 0 Å². The second-order valence-corrected chi connectivity index (χ2v) is 4.15.